The van der Waals surface area contributed by atoms with Crippen molar-refractivity contribution in [3.8, 4) is 18.1 Å². The van der Waals surface area contributed by atoms with Gasteiger partial charge in [0.25, 0.3) is 11.8 Å². The van der Waals surface area contributed by atoms with Crippen LogP contribution in [-0.2, 0) is 14.3 Å². The topological polar surface area (TPSA) is 93.1 Å². The molecular weight excluding hydrogens is 520 g/mol. The van der Waals surface area contributed by atoms with Crippen molar-refractivity contribution in [2.45, 2.75) is 38.7 Å². The number of hydrogen-bond acceptors (Lipinski definition) is 5. The van der Waals surface area contributed by atoms with Gasteiger partial charge >= 0.3 is 5.97 Å². The van der Waals surface area contributed by atoms with Crippen molar-refractivity contribution < 1.29 is 37.7 Å². The van der Waals surface area contributed by atoms with Crippen LogP contribution in [0.3, 0.4) is 0 Å². The summed E-state index contributed by atoms with van der Waals surface area (Å²) in [5, 5.41) is 9.72. The Morgan fingerprint density at radius 1 is 1.24 bits per heavy atom. The van der Waals surface area contributed by atoms with Crippen LogP contribution in [0.4, 0.5) is 14.5 Å². The SMILES string of the molecule is C#CC(C)Oc1cc(N(C(=O)C2=C(C(=O)O)CCCC2CCOC)C(=O)c2cccc(F)c2)c(F)cc1Cl. The molecule has 0 aliphatic heterocycles. The van der Waals surface area contributed by atoms with Gasteiger partial charge in [0.15, 0.2) is 6.10 Å². The van der Waals surface area contributed by atoms with Crippen molar-refractivity contribution in [3.05, 3.63) is 69.8 Å². The van der Waals surface area contributed by atoms with Crippen LogP contribution in [0.2, 0.25) is 5.02 Å². The van der Waals surface area contributed by atoms with Crippen LogP contribution in [-0.4, -0.2) is 42.7 Å². The molecule has 10 heteroatoms. The van der Waals surface area contributed by atoms with Crippen LogP contribution >= 0.6 is 11.6 Å². The minimum Gasteiger partial charge on any atom is -0.478 e. The fraction of sp³-hybridized carbons (Fsp3) is 0.321. The minimum atomic E-state index is -1.32. The van der Waals surface area contributed by atoms with Crippen molar-refractivity contribution in [2.75, 3.05) is 18.6 Å². The molecule has 0 heterocycles. The molecule has 0 spiro atoms. The molecule has 2 aromatic rings. The number of aliphatic carboxylic acids is 1. The van der Waals surface area contributed by atoms with E-state index in [1.165, 1.54) is 26.2 Å². The van der Waals surface area contributed by atoms with E-state index in [0.717, 1.165) is 24.3 Å². The maximum absolute atomic E-state index is 15.4. The number of terminal acetylenes is 1. The van der Waals surface area contributed by atoms with Gasteiger partial charge in [-0.2, -0.15) is 0 Å². The Morgan fingerprint density at radius 3 is 2.61 bits per heavy atom. The number of halogens is 3. The number of imide groups is 1. The molecule has 2 aromatic carbocycles. The molecule has 0 bridgehead atoms. The lowest BCUT2D eigenvalue weighted by molar-refractivity contribution is -0.133. The minimum absolute atomic E-state index is 0.0824. The number of amides is 2. The van der Waals surface area contributed by atoms with Crippen molar-refractivity contribution in [1.29, 1.82) is 0 Å². The van der Waals surface area contributed by atoms with Crippen LogP contribution in [0.25, 0.3) is 0 Å². The molecule has 1 N–H and O–H groups in total. The van der Waals surface area contributed by atoms with Crippen molar-refractivity contribution >= 4 is 35.1 Å². The highest BCUT2D eigenvalue weighted by Gasteiger charge is 2.38. The number of hydrogen-bond donors (Lipinski definition) is 1. The Kier molecular flexibility index (Phi) is 9.61. The molecule has 1 aliphatic carbocycles. The number of anilines is 1. The van der Waals surface area contributed by atoms with Gasteiger partial charge in [0, 0.05) is 36.5 Å². The van der Waals surface area contributed by atoms with E-state index in [2.05, 4.69) is 5.92 Å². The van der Waals surface area contributed by atoms with Crippen molar-refractivity contribution in [2.24, 2.45) is 5.92 Å². The molecule has 2 atom stereocenters. The summed E-state index contributed by atoms with van der Waals surface area (Å²) < 4.78 is 40.1. The van der Waals surface area contributed by atoms with Gasteiger partial charge in [0.1, 0.15) is 17.4 Å². The summed E-state index contributed by atoms with van der Waals surface area (Å²) in [5.74, 6) is -3.60. The molecule has 200 valence electrons. The summed E-state index contributed by atoms with van der Waals surface area (Å²) in [6.45, 7) is 1.76. The molecule has 38 heavy (non-hydrogen) atoms. The summed E-state index contributed by atoms with van der Waals surface area (Å²) in [5.41, 5.74) is -1.12. The lowest BCUT2D eigenvalue weighted by Crippen LogP contribution is -2.42. The number of ether oxygens (including phenoxy) is 2. The Morgan fingerprint density at radius 2 is 1.97 bits per heavy atom. The summed E-state index contributed by atoms with van der Waals surface area (Å²) in [6, 6.07) is 6.40. The molecule has 7 nitrogen and oxygen atoms in total. The van der Waals surface area contributed by atoms with Gasteiger partial charge in [-0.1, -0.05) is 23.6 Å². The van der Waals surface area contributed by atoms with Gasteiger partial charge in [-0.25, -0.2) is 18.5 Å². The van der Waals surface area contributed by atoms with Crippen molar-refractivity contribution in [3.63, 3.8) is 0 Å². The molecular formula is C28H26ClF2NO6. The van der Waals surface area contributed by atoms with E-state index in [0.29, 0.717) is 24.2 Å². The number of carbonyl (C=O) groups excluding carboxylic acids is 2. The average Bonchev–Trinajstić information content (AvgIpc) is 2.89. The van der Waals surface area contributed by atoms with E-state index < -0.39 is 47.1 Å². The molecule has 0 saturated carbocycles. The fourth-order valence-corrected chi connectivity index (χ4v) is 4.51. The summed E-state index contributed by atoms with van der Waals surface area (Å²) in [7, 11) is 1.47. The summed E-state index contributed by atoms with van der Waals surface area (Å²) in [4.78, 5) is 40.4. The van der Waals surface area contributed by atoms with Crippen LogP contribution < -0.4 is 9.64 Å². The van der Waals surface area contributed by atoms with E-state index >= 15 is 4.39 Å². The highest BCUT2D eigenvalue weighted by molar-refractivity contribution is 6.32. The molecule has 0 saturated heterocycles. The lowest BCUT2D eigenvalue weighted by Gasteiger charge is -2.31. The monoisotopic (exact) mass is 545 g/mol. The Labute approximate surface area is 224 Å². The highest BCUT2D eigenvalue weighted by atomic mass is 35.5. The van der Waals surface area contributed by atoms with Crippen molar-refractivity contribution in [1.82, 2.24) is 0 Å². The molecule has 2 unspecified atom stereocenters. The number of rotatable bonds is 9. The third-order valence-electron chi connectivity index (χ3n) is 6.13. The maximum Gasteiger partial charge on any atom is 0.332 e. The molecule has 1 aliphatic rings. The maximum atomic E-state index is 15.4. The standard InChI is InChI=1S/C28H26ClF2NO6/c1-4-16(2)38-24-15-23(22(31)14-21(24)29)32(26(33)18-8-5-9-19(30)13-18)27(34)25-17(11-12-37-3)7-6-10-20(25)28(35)36/h1,5,8-9,13-17H,6-7,10-12H2,2-3H3,(H,35,36). The summed E-state index contributed by atoms with van der Waals surface area (Å²) in [6.07, 6.45) is 5.92. The number of carbonyl (C=O) groups is 3. The predicted octanol–water partition coefficient (Wildman–Crippen LogP) is 5.41. The van der Waals surface area contributed by atoms with E-state index in [4.69, 9.17) is 27.5 Å². The zero-order chi connectivity index (χ0) is 28.0. The molecule has 2 amide bonds. The number of carboxylic acid groups (broad SMARTS) is 1. The van der Waals surface area contributed by atoms with Gasteiger partial charge in [0.05, 0.1) is 10.7 Å². The number of carboxylic acids is 1. The zero-order valence-corrected chi connectivity index (χ0v) is 21.6. The lowest BCUT2D eigenvalue weighted by atomic mass is 9.80. The molecule has 0 radical (unpaired) electrons. The predicted molar refractivity (Wildman–Crippen MR) is 137 cm³/mol. The molecule has 0 fully saturated rings. The number of benzene rings is 2. The largest absolute Gasteiger partial charge is 0.478 e. The highest BCUT2D eigenvalue weighted by Crippen LogP contribution is 2.38. The molecule has 0 aromatic heterocycles. The molecule has 3 rings (SSSR count). The van der Waals surface area contributed by atoms with Gasteiger partial charge in [-0.05, 0) is 62.8 Å². The van der Waals surface area contributed by atoms with Gasteiger partial charge in [-0.15, -0.1) is 6.42 Å². The first-order chi connectivity index (χ1) is 18.1. The third kappa shape index (κ3) is 6.39. The van der Waals surface area contributed by atoms with Crippen LogP contribution in [0.15, 0.2) is 47.5 Å². The third-order valence-corrected chi connectivity index (χ3v) is 6.43. The Hall–Kier alpha value is -3.74. The van der Waals surface area contributed by atoms with E-state index in [-0.39, 0.29) is 40.5 Å². The first kappa shape index (κ1) is 28.8. The van der Waals surface area contributed by atoms with E-state index in [9.17, 15) is 23.9 Å². The van der Waals surface area contributed by atoms with E-state index in [1.807, 2.05) is 0 Å². The first-order valence-electron chi connectivity index (χ1n) is 11.8. The normalized spacial score (nSPS) is 15.9. The second-order valence-corrected chi connectivity index (χ2v) is 9.09. The number of nitrogens with zero attached hydrogens (tertiary/aromatic N) is 1. The fourth-order valence-electron chi connectivity index (χ4n) is 4.31. The first-order valence-corrected chi connectivity index (χ1v) is 12.2. The average molecular weight is 546 g/mol. The quantitative estimate of drug-likeness (QED) is 0.334. The van der Waals surface area contributed by atoms with E-state index in [1.54, 1.807) is 0 Å². The van der Waals surface area contributed by atoms with Gasteiger partial charge in [-0.3, -0.25) is 9.59 Å². The van der Waals surface area contributed by atoms with Crippen LogP contribution in [0, 0.1) is 29.9 Å². The van der Waals surface area contributed by atoms with Gasteiger partial charge < -0.3 is 14.6 Å². The van der Waals surface area contributed by atoms with Gasteiger partial charge in [0.2, 0.25) is 0 Å². The number of methoxy groups -OCH3 is 1. The smallest absolute Gasteiger partial charge is 0.332 e. The summed E-state index contributed by atoms with van der Waals surface area (Å²) >= 11 is 6.13. The second-order valence-electron chi connectivity index (χ2n) is 8.68. The zero-order valence-electron chi connectivity index (χ0n) is 20.8. The Bertz CT molecular complexity index is 1320. The Balaban J connectivity index is 2.25. The van der Waals surface area contributed by atoms with Crippen LogP contribution in [0.5, 0.6) is 5.75 Å². The second kappa shape index (κ2) is 12.7. The van der Waals surface area contributed by atoms with Crippen LogP contribution in [0.1, 0.15) is 43.0 Å².